The van der Waals surface area contributed by atoms with Gasteiger partial charge in [0, 0.05) is 12.7 Å². The lowest BCUT2D eigenvalue weighted by molar-refractivity contribution is 0.724. The van der Waals surface area contributed by atoms with E-state index in [2.05, 4.69) is 20.5 Å². The van der Waals surface area contributed by atoms with Gasteiger partial charge in [0.2, 0.25) is 5.95 Å². The second kappa shape index (κ2) is 6.17. The van der Waals surface area contributed by atoms with Crippen molar-refractivity contribution in [3.63, 3.8) is 0 Å². The zero-order chi connectivity index (χ0) is 15.4. The maximum absolute atomic E-state index is 12.4. The minimum atomic E-state index is -0.0800. The van der Waals surface area contributed by atoms with Crippen LogP contribution in [-0.2, 0) is 6.54 Å². The van der Waals surface area contributed by atoms with E-state index in [1.807, 2.05) is 43.3 Å². The molecule has 3 aromatic rings. The van der Waals surface area contributed by atoms with E-state index in [1.165, 1.54) is 0 Å². The van der Waals surface area contributed by atoms with Crippen molar-refractivity contribution in [2.24, 2.45) is 5.10 Å². The molecule has 0 spiro atoms. The first-order chi connectivity index (χ1) is 10.8. The average Bonchev–Trinajstić information content (AvgIpc) is 2.56. The molecule has 0 saturated carbocycles. The summed E-state index contributed by atoms with van der Waals surface area (Å²) in [6.45, 7) is 2.41. The van der Waals surface area contributed by atoms with Crippen molar-refractivity contribution < 1.29 is 0 Å². The highest BCUT2D eigenvalue weighted by molar-refractivity contribution is 5.79. The van der Waals surface area contributed by atoms with E-state index in [0.29, 0.717) is 23.4 Å². The minimum absolute atomic E-state index is 0.0800. The number of hydrazone groups is 1. The van der Waals surface area contributed by atoms with E-state index in [-0.39, 0.29) is 5.56 Å². The highest BCUT2D eigenvalue weighted by Gasteiger charge is 2.08. The van der Waals surface area contributed by atoms with Gasteiger partial charge in [0.05, 0.1) is 22.8 Å². The number of pyridine rings is 1. The third-order valence-electron chi connectivity index (χ3n) is 3.23. The Hall–Kier alpha value is -3.02. The average molecular weight is 293 g/mol. The number of hydrogen-bond donors (Lipinski definition) is 1. The van der Waals surface area contributed by atoms with Crippen LogP contribution >= 0.6 is 0 Å². The summed E-state index contributed by atoms with van der Waals surface area (Å²) in [4.78, 5) is 21.0. The molecule has 2 heterocycles. The maximum atomic E-state index is 12.4. The van der Waals surface area contributed by atoms with Crippen molar-refractivity contribution >= 4 is 23.1 Å². The Morgan fingerprint density at radius 3 is 2.82 bits per heavy atom. The number of aromatic nitrogens is 3. The highest BCUT2D eigenvalue weighted by atomic mass is 16.1. The Kier molecular flexibility index (Phi) is 3.91. The predicted molar refractivity (Wildman–Crippen MR) is 87.1 cm³/mol. The van der Waals surface area contributed by atoms with Gasteiger partial charge in [0.15, 0.2) is 0 Å². The SMILES string of the molecule is CCn1c(N/N=C\c2ccccn2)nc2ccccc2c1=O. The summed E-state index contributed by atoms with van der Waals surface area (Å²) in [6.07, 6.45) is 3.28. The largest absolute Gasteiger partial charge is 0.277 e. The van der Waals surface area contributed by atoms with E-state index in [4.69, 9.17) is 0 Å². The summed E-state index contributed by atoms with van der Waals surface area (Å²) in [7, 11) is 0. The normalized spacial score (nSPS) is 11.1. The first-order valence-corrected chi connectivity index (χ1v) is 6.99. The number of para-hydroxylation sites is 1. The number of rotatable bonds is 4. The van der Waals surface area contributed by atoms with Crippen LogP contribution in [0.4, 0.5) is 5.95 Å². The molecule has 0 unspecified atom stereocenters. The Balaban J connectivity index is 1.96. The summed E-state index contributed by atoms with van der Waals surface area (Å²) in [5.41, 5.74) is 4.12. The molecule has 110 valence electrons. The summed E-state index contributed by atoms with van der Waals surface area (Å²) >= 11 is 0. The van der Waals surface area contributed by atoms with Gasteiger partial charge in [-0.1, -0.05) is 18.2 Å². The van der Waals surface area contributed by atoms with Crippen LogP contribution in [0.2, 0.25) is 0 Å². The minimum Gasteiger partial charge on any atom is -0.277 e. The second-order valence-corrected chi connectivity index (χ2v) is 4.63. The van der Waals surface area contributed by atoms with Gasteiger partial charge in [-0.2, -0.15) is 5.10 Å². The molecule has 1 N–H and O–H groups in total. The number of benzene rings is 1. The fourth-order valence-electron chi connectivity index (χ4n) is 2.16. The summed E-state index contributed by atoms with van der Waals surface area (Å²) in [6, 6.07) is 12.8. The van der Waals surface area contributed by atoms with Gasteiger partial charge in [-0.3, -0.25) is 14.3 Å². The molecule has 0 aliphatic heterocycles. The summed E-state index contributed by atoms with van der Waals surface area (Å²) < 4.78 is 1.55. The van der Waals surface area contributed by atoms with E-state index < -0.39 is 0 Å². The molecule has 0 bridgehead atoms. The molecule has 0 aliphatic carbocycles. The van der Waals surface area contributed by atoms with E-state index in [9.17, 15) is 4.79 Å². The molecular formula is C16H15N5O. The number of fused-ring (bicyclic) bond motifs is 1. The molecule has 0 aliphatic rings. The predicted octanol–water partition coefficient (Wildman–Crippen LogP) is 2.26. The van der Waals surface area contributed by atoms with Gasteiger partial charge in [-0.25, -0.2) is 10.4 Å². The molecule has 22 heavy (non-hydrogen) atoms. The van der Waals surface area contributed by atoms with Gasteiger partial charge in [0.25, 0.3) is 5.56 Å². The molecule has 0 saturated heterocycles. The lowest BCUT2D eigenvalue weighted by atomic mass is 10.2. The zero-order valence-electron chi connectivity index (χ0n) is 12.1. The number of nitrogens with zero attached hydrogens (tertiary/aromatic N) is 4. The standard InChI is InChI=1S/C16H15N5O/c1-2-21-15(22)13-8-3-4-9-14(13)19-16(21)20-18-11-12-7-5-6-10-17-12/h3-11H,2H2,1H3,(H,19,20)/b18-11-. The third kappa shape index (κ3) is 2.71. The van der Waals surface area contributed by atoms with E-state index in [0.717, 1.165) is 5.69 Å². The smallest absolute Gasteiger partial charge is 0.262 e. The topological polar surface area (TPSA) is 72.2 Å². The van der Waals surface area contributed by atoms with Crippen LogP contribution in [0.15, 0.2) is 58.6 Å². The van der Waals surface area contributed by atoms with Gasteiger partial charge >= 0.3 is 0 Å². The maximum Gasteiger partial charge on any atom is 0.262 e. The lowest BCUT2D eigenvalue weighted by Gasteiger charge is -2.10. The van der Waals surface area contributed by atoms with E-state index >= 15 is 0 Å². The van der Waals surface area contributed by atoms with E-state index in [1.54, 1.807) is 23.0 Å². The number of nitrogens with one attached hydrogen (secondary N) is 1. The van der Waals surface area contributed by atoms with Crippen LogP contribution in [0.3, 0.4) is 0 Å². The summed E-state index contributed by atoms with van der Waals surface area (Å²) in [5.74, 6) is 0.415. The van der Waals surface area contributed by atoms with Crippen LogP contribution in [0.25, 0.3) is 10.9 Å². The molecule has 0 fully saturated rings. The first kappa shape index (κ1) is 13.9. The monoisotopic (exact) mass is 293 g/mol. The zero-order valence-corrected chi connectivity index (χ0v) is 12.1. The molecule has 2 aromatic heterocycles. The van der Waals surface area contributed by atoms with Gasteiger partial charge in [-0.05, 0) is 31.2 Å². The second-order valence-electron chi connectivity index (χ2n) is 4.63. The molecule has 0 atom stereocenters. The Morgan fingerprint density at radius 2 is 2.05 bits per heavy atom. The Labute approximate surface area is 127 Å². The fourth-order valence-corrected chi connectivity index (χ4v) is 2.16. The molecule has 0 amide bonds. The van der Waals surface area contributed by atoms with Crippen molar-refractivity contribution in [2.45, 2.75) is 13.5 Å². The quantitative estimate of drug-likeness (QED) is 0.591. The Morgan fingerprint density at radius 1 is 1.23 bits per heavy atom. The van der Waals surface area contributed by atoms with Crippen molar-refractivity contribution in [1.29, 1.82) is 0 Å². The van der Waals surface area contributed by atoms with Crippen molar-refractivity contribution in [1.82, 2.24) is 14.5 Å². The van der Waals surface area contributed by atoms with Crippen LogP contribution in [0.1, 0.15) is 12.6 Å². The molecule has 3 rings (SSSR count). The molecular weight excluding hydrogens is 278 g/mol. The third-order valence-corrected chi connectivity index (χ3v) is 3.23. The molecule has 1 aromatic carbocycles. The van der Waals surface area contributed by atoms with Gasteiger partial charge in [0.1, 0.15) is 0 Å². The van der Waals surface area contributed by atoms with Crippen LogP contribution in [0.5, 0.6) is 0 Å². The number of anilines is 1. The van der Waals surface area contributed by atoms with Crippen LogP contribution in [0, 0.1) is 0 Å². The van der Waals surface area contributed by atoms with Gasteiger partial charge < -0.3 is 0 Å². The highest BCUT2D eigenvalue weighted by Crippen LogP contribution is 2.10. The first-order valence-electron chi connectivity index (χ1n) is 6.99. The van der Waals surface area contributed by atoms with Crippen LogP contribution < -0.4 is 11.0 Å². The van der Waals surface area contributed by atoms with Crippen molar-refractivity contribution in [3.05, 3.63) is 64.7 Å². The molecule has 6 nitrogen and oxygen atoms in total. The van der Waals surface area contributed by atoms with Crippen LogP contribution in [-0.4, -0.2) is 20.7 Å². The fraction of sp³-hybridized carbons (Fsp3) is 0.125. The number of hydrogen-bond acceptors (Lipinski definition) is 5. The summed E-state index contributed by atoms with van der Waals surface area (Å²) in [5, 5.41) is 4.71. The van der Waals surface area contributed by atoms with Crippen molar-refractivity contribution in [3.8, 4) is 0 Å². The van der Waals surface area contributed by atoms with Gasteiger partial charge in [-0.15, -0.1) is 0 Å². The molecule has 0 radical (unpaired) electrons. The Bertz CT molecular complexity index is 871. The lowest BCUT2D eigenvalue weighted by Crippen LogP contribution is -2.23. The van der Waals surface area contributed by atoms with Crippen molar-refractivity contribution in [2.75, 3.05) is 5.43 Å². The molecule has 6 heteroatoms.